The Kier molecular flexibility index (Phi) is 7.75. The highest BCUT2D eigenvalue weighted by Gasteiger charge is 2.23. The summed E-state index contributed by atoms with van der Waals surface area (Å²) in [6, 6.07) is 11.0. The van der Waals surface area contributed by atoms with Gasteiger partial charge in [0.25, 0.3) is 5.91 Å². The summed E-state index contributed by atoms with van der Waals surface area (Å²) < 4.78 is 34.3. The van der Waals surface area contributed by atoms with E-state index in [2.05, 4.69) is 10.0 Å². The van der Waals surface area contributed by atoms with Crippen LogP contribution in [0.3, 0.4) is 0 Å². The number of carbonyl (C=O) groups excluding carboxylic acids is 1. The fraction of sp³-hybridized carbons (Fsp3) is 0.409. The number of rotatable bonds is 7. The van der Waals surface area contributed by atoms with Crippen molar-refractivity contribution >= 4 is 33.2 Å². The van der Waals surface area contributed by atoms with Crippen LogP contribution in [-0.4, -0.2) is 27.0 Å². The molecule has 0 saturated heterocycles. The minimum Gasteiger partial charge on any atom is -0.492 e. The molecule has 8 heteroatoms. The highest BCUT2D eigenvalue weighted by atomic mass is 35.5. The first-order chi connectivity index (χ1) is 14.4. The van der Waals surface area contributed by atoms with Gasteiger partial charge in [0.05, 0.1) is 17.2 Å². The molecule has 1 aliphatic rings. The van der Waals surface area contributed by atoms with Crippen LogP contribution < -0.4 is 14.8 Å². The second kappa shape index (κ2) is 10.3. The Labute approximate surface area is 183 Å². The molecule has 0 radical (unpaired) electrons. The summed E-state index contributed by atoms with van der Waals surface area (Å²) in [7, 11) is -3.72. The highest BCUT2D eigenvalue weighted by molar-refractivity contribution is 7.89. The third-order valence-corrected chi connectivity index (χ3v) is 6.83. The summed E-state index contributed by atoms with van der Waals surface area (Å²) in [5.41, 5.74) is 0.667. The topological polar surface area (TPSA) is 84.5 Å². The number of hydrogen-bond donors (Lipinski definition) is 2. The molecule has 1 saturated carbocycles. The van der Waals surface area contributed by atoms with E-state index in [0.717, 1.165) is 38.5 Å². The van der Waals surface area contributed by atoms with E-state index in [1.165, 1.54) is 12.1 Å². The first kappa shape index (κ1) is 22.6. The molecule has 2 aromatic rings. The molecule has 0 unspecified atom stereocenters. The molecule has 162 valence electrons. The number of hydrogen-bond acceptors (Lipinski definition) is 4. The molecule has 0 aromatic heterocycles. The number of amides is 1. The van der Waals surface area contributed by atoms with Gasteiger partial charge in [-0.1, -0.05) is 43.4 Å². The van der Waals surface area contributed by atoms with Crippen molar-refractivity contribution in [2.24, 2.45) is 0 Å². The van der Waals surface area contributed by atoms with Crippen LogP contribution in [0.25, 0.3) is 0 Å². The van der Waals surface area contributed by atoms with E-state index in [4.69, 9.17) is 16.3 Å². The van der Waals surface area contributed by atoms with Crippen molar-refractivity contribution in [2.45, 2.75) is 56.4 Å². The van der Waals surface area contributed by atoms with Gasteiger partial charge in [-0.3, -0.25) is 4.79 Å². The lowest BCUT2D eigenvalue weighted by molar-refractivity contribution is 0.102. The van der Waals surface area contributed by atoms with Crippen LogP contribution in [0.5, 0.6) is 5.75 Å². The largest absolute Gasteiger partial charge is 0.492 e. The first-order valence-corrected chi connectivity index (χ1v) is 12.1. The van der Waals surface area contributed by atoms with E-state index in [-0.39, 0.29) is 10.9 Å². The maximum Gasteiger partial charge on any atom is 0.255 e. The number of ether oxygens (including phenoxy) is 1. The van der Waals surface area contributed by atoms with E-state index >= 15 is 0 Å². The summed E-state index contributed by atoms with van der Waals surface area (Å²) in [5.74, 6) is 0.00558. The average Bonchev–Trinajstić information content (AvgIpc) is 2.97. The first-order valence-electron chi connectivity index (χ1n) is 10.2. The van der Waals surface area contributed by atoms with Gasteiger partial charge in [-0.2, -0.15) is 0 Å². The zero-order valence-electron chi connectivity index (χ0n) is 17.0. The number of halogens is 1. The predicted molar refractivity (Wildman–Crippen MR) is 119 cm³/mol. The van der Waals surface area contributed by atoms with Gasteiger partial charge >= 0.3 is 0 Å². The number of nitrogens with one attached hydrogen (secondary N) is 2. The van der Waals surface area contributed by atoms with Gasteiger partial charge in [0.1, 0.15) is 5.75 Å². The Morgan fingerprint density at radius 2 is 1.83 bits per heavy atom. The summed E-state index contributed by atoms with van der Waals surface area (Å²) in [6.07, 6.45) is 6.01. The van der Waals surface area contributed by atoms with Crippen LogP contribution in [0.4, 0.5) is 5.69 Å². The van der Waals surface area contributed by atoms with Crippen molar-refractivity contribution in [1.29, 1.82) is 0 Å². The smallest absolute Gasteiger partial charge is 0.255 e. The Balaban J connectivity index is 1.85. The molecule has 0 heterocycles. The zero-order chi connectivity index (χ0) is 21.6. The molecule has 0 atom stereocenters. The number of carbonyl (C=O) groups is 1. The molecular formula is C22H27ClN2O4S. The van der Waals surface area contributed by atoms with Crippen molar-refractivity contribution in [2.75, 3.05) is 11.9 Å². The summed E-state index contributed by atoms with van der Waals surface area (Å²) in [5, 5.41) is 3.19. The molecule has 0 spiro atoms. The van der Waals surface area contributed by atoms with Gasteiger partial charge in [0, 0.05) is 16.6 Å². The lowest BCUT2D eigenvalue weighted by Gasteiger charge is -2.18. The van der Waals surface area contributed by atoms with Crippen LogP contribution in [0.2, 0.25) is 5.02 Å². The molecule has 2 aromatic carbocycles. The van der Waals surface area contributed by atoms with E-state index < -0.39 is 15.9 Å². The van der Waals surface area contributed by atoms with Gasteiger partial charge < -0.3 is 10.1 Å². The zero-order valence-corrected chi connectivity index (χ0v) is 18.6. The Morgan fingerprint density at radius 1 is 1.10 bits per heavy atom. The molecule has 2 N–H and O–H groups in total. The molecule has 1 fully saturated rings. The van der Waals surface area contributed by atoms with Crippen LogP contribution in [0.15, 0.2) is 47.4 Å². The van der Waals surface area contributed by atoms with Gasteiger partial charge in [-0.15, -0.1) is 0 Å². The monoisotopic (exact) mass is 450 g/mol. The minimum atomic E-state index is -3.72. The number of sulfonamides is 1. The Hall–Kier alpha value is -2.09. The van der Waals surface area contributed by atoms with Gasteiger partial charge in [0.2, 0.25) is 10.0 Å². The molecule has 3 rings (SSSR count). The number of benzene rings is 2. The Morgan fingerprint density at radius 3 is 2.50 bits per heavy atom. The summed E-state index contributed by atoms with van der Waals surface area (Å²) in [6.45, 7) is 2.20. The Bertz CT molecular complexity index is 986. The molecule has 30 heavy (non-hydrogen) atoms. The molecular weight excluding hydrogens is 424 g/mol. The second-order valence-corrected chi connectivity index (χ2v) is 9.52. The van der Waals surface area contributed by atoms with Crippen molar-refractivity contribution in [3.63, 3.8) is 0 Å². The number of anilines is 1. The van der Waals surface area contributed by atoms with Crippen molar-refractivity contribution in [1.82, 2.24) is 4.72 Å². The van der Waals surface area contributed by atoms with Crippen molar-refractivity contribution in [3.05, 3.63) is 53.1 Å². The van der Waals surface area contributed by atoms with Crippen molar-refractivity contribution in [3.8, 4) is 5.75 Å². The van der Waals surface area contributed by atoms with Crippen LogP contribution in [-0.2, 0) is 10.0 Å². The van der Waals surface area contributed by atoms with Gasteiger partial charge in [-0.05, 0) is 56.2 Å². The van der Waals surface area contributed by atoms with E-state index in [1.54, 1.807) is 30.3 Å². The highest BCUT2D eigenvalue weighted by Crippen LogP contribution is 2.29. The van der Waals surface area contributed by atoms with Crippen LogP contribution in [0.1, 0.15) is 55.8 Å². The maximum absolute atomic E-state index is 13.0. The minimum absolute atomic E-state index is 0.0615. The fourth-order valence-electron chi connectivity index (χ4n) is 3.56. The van der Waals surface area contributed by atoms with E-state index in [1.807, 2.05) is 6.92 Å². The third kappa shape index (κ3) is 5.97. The summed E-state index contributed by atoms with van der Waals surface area (Å²) >= 11 is 5.97. The van der Waals surface area contributed by atoms with Gasteiger partial charge in [0.15, 0.2) is 0 Å². The third-order valence-electron chi connectivity index (χ3n) is 5.07. The predicted octanol–water partition coefficient (Wildman–Crippen LogP) is 4.99. The van der Waals surface area contributed by atoms with Crippen molar-refractivity contribution < 1.29 is 17.9 Å². The fourth-order valence-corrected chi connectivity index (χ4v) is 5.09. The molecule has 1 aliphatic carbocycles. The van der Waals surface area contributed by atoms with E-state index in [9.17, 15) is 13.2 Å². The molecule has 6 nitrogen and oxygen atoms in total. The van der Waals surface area contributed by atoms with E-state index in [0.29, 0.717) is 28.6 Å². The lowest BCUT2D eigenvalue weighted by atomic mass is 10.1. The molecule has 0 bridgehead atoms. The second-order valence-electron chi connectivity index (χ2n) is 7.37. The van der Waals surface area contributed by atoms with Gasteiger partial charge in [-0.25, -0.2) is 13.1 Å². The summed E-state index contributed by atoms with van der Waals surface area (Å²) in [4.78, 5) is 12.7. The normalized spacial score (nSPS) is 15.4. The standard InChI is InChI=1S/C22H27ClN2O4S/c1-2-29-21-13-12-19(30(27,28)25-18-10-5-3-4-6-11-18)15-20(21)24-22(26)16-8-7-9-17(23)14-16/h7-9,12-15,18,25H,2-6,10-11H2,1H3,(H,24,26). The van der Waals surface area contributed by atoms with Crippen LogP contribution >= 0.6 is 11.6 Å². The average molecular weight is 451 g/mol. The van der Waals surface area contributed by atoms with Crippen LogP contribution in [0, 0.1) is 0 Å². The molecule has 1 amide bonds. The quantitative estimate of drug-likeness (QED) is 0.582. The SMILES string of the molecule is CCOc1ccc(S(=O)(=O)NC2CCCCCC2)cc1NC(=O)c1cccc(Cl)c1. The molecule has 0 aliphatic heterocycles. The lowest BCUT2D eigenvalue weighted by Crippen LogP contribution is -2.34. The maximum atomic E-state index is 13.0.